The molecule has 1 unspecified atom stereocenters. The Hall–Kier alpha value is -1.82. The van der Waals surface area contributed by atoms with E-state index in [0.717, 1.165) is 0 Å². The average Bonchev–Trinajstić information content (AvgIpc) is 2.79. The minimum absolute atomic E-state index is 0.132. The Kier molecular flexibility index (Phi) is 3.90. The summed E-state index contributed by atoms with van der Waals surface area (Å²) in [6, 6.07) is 3.62. The standard InChI is InChI=1S/C13H13FN2O2S/c1-7-6-15-13(18-7)8(2)16-12(17)9-3-4-10(14)11(19)5-9/h3-6,8,19H,1-2H3,(H,16,17). The molecule has 0 aliphatic heterocycles. The zero-order valence-corrected chi connectivity index (χ0v) is 11.4. The van der Waals surface area contributed by atoms with Crippen LogP contribution in [0.3, 0.4) is 0 Å². The molecule has 6 heteroatoms. The van der Waals surface area contributed by atoms with E-state index in [1.165, 1.54) is 18.2 Å². The lowest BCUT2D eigenvalue weighted by Crippen LogP contribution is -2.26. The Morgan fingerprint density at radius 3 is 2.84 bits per heavy atom. The van der Waals surface area contributed by atoms with Crippen molar-refractivity contribution >= 4 is 18.5 Å². The quantitative estimate of drug-likeness (QED) is 0.850. The number of benzene rings is 1. The molecule has 4 nitrogen and oxygen atoms in total. The number of nitrogens with one attached hydrogen (secondary N) is 1. The molecule has 0 aliphatic rings. The fraction of sp³-hybridized carbons (Fsp3) is 0.231. The molecule has 0 fully saturated rings. The van der Waals surface area contributed by atoms with Crippen molar-refractivity contribution in [2.45, 2.75) is 24.8 Å². The molecule has 0 radical (unpaired) electrons. The number of amides is 1. The fourth-order valence-corrected chi connectivity index (χ4v) is 1.78. The first kappa shape index (κ1) is 13.6. The number of halogens is 1. The molecule has 1 atom stereocenters. The molecule has 1 N–H and O–H groups in total. The van der Waals surface area contributed by atoms with Gasteiger partial charge in [-0.15, -0.1) is 12.6 Å². The summed E-state index contributed by atoms with van der Waals surface area (Å²) in [7, 11) is 0. The SMILES string of the molecule is Cc1cnc(C(C)NC(=O)c2ccc(F)c(S)c2)o1. The lowest BCUT2D eigenvalue weighted by atomic mass is 10.2. The molecule has 0 saturated heterocycles. The minimum Gasteiger partial charge on any atom is -0.444 e. The maximum Gasteiger partial charge on any atom is 0.251 e. The van der Waals surface area contributed by atoms with Crippen LogP contribution in [0.1, 0.15) is 35.0 Å². The molecular formula is C13H13FN2O2S. The van der Waals surface area contributed by atoms with Crippen LogP contribution in [0, 0.1) is 12.7 Å². The van der Waals surface area contributed by atoms with Crippen molar-refractivity contribution in [1.82, 2.24) is 10.3 Å². The molecule has 2 aromatic rings. The van der Waals surface area contributed by atoms with Gasteiger partial charge in [0.1, 0.15) is 17.6 Å². The van der Waals surface area contributed by atoms with E-state index in [0.29, 0.717) is 17.2 Å². The number of carbonyl (C=O) groups excluding carboxylic acids is 1. The average molecular weight is 280 g/mol. The molecule has 0 saturated carbocycles. The summed E-state index contributed by atoms with van der Waals surface area (Å²) in [4.78, 5) is 16.1. The smallest absolute Gasteiger partial charge is 0.251 e. The number of aromatic nitrogens is 1. The van der Waals surface area contributed by atoms with Crippen LogP contribution in [0.5, 0.6) is 0 Å². The number of hydrogen-bond acceptors (Lipinski definition) is 4. The summed E-state index contributed by atoms with van der Waals surface area (Å²) in [5.41, 5.74) is 0.335. The van der Waals surface area contributed by atoms with Crippen molar-refractivity contribution in [3.05, 3.63) is 47.4 Å². The summed E-state index contributed by atoms with van der Waals surface area (Å²) < 4.78 is 18.4. The third-order valence-corrected chi connectivity index (χ3v) is 2.91. The molecule has 1 aromatic carbocycles. The fourth-order valence-electron chi connectivity index (χ4n) is 1.57. The second kappa shape index (κ2) is 5.44. The number of nitrogens with zero attached hydrogens (tertiary/aromatic N) is 1. The summed E-state index contributed by atoms with van der Waals surface area (Å²) in [5, 5.41) is 2.72. The van der Waals surface area contributed by atoms with E-state index >= 15 is 0 Å². The van der Waals surface area contributed by atoms with Crippen molar-refractivity contribution < 1.29 is 13.6 Å². The Labute approximate surface area is 115 Å². The molecule has 100 valence electrons. The zero-order chi connectivity index (χ0) is 14.0. The predicted octanol–water partition coefficient (Wildman–Crippen LogP) is 2.90. The van der Waals surface area contributed by atoms with Gasteiger partial charge in [0, 0.05) is 10.5 Å². The first-order valence-corrected chi connectivity index (χ1v) is 6.14. The molecular weight excluding hydrogens is 267 g/mol. The van der Waals surface area contributed by atoms with Gasteiger partial charge in [0.2, 0.25) is 5.89 Å². The Balaban J connectivity index is 2.10. The molecule has 0 bridgehead atoms. The second-order valence-electron chi connectivity index (χ2n) is 4.17. The van der Waals surface area contributed by atoms with E-state index in [9.17, 15) is 9.18 Å². The maximum absolute atomic E-state index is 13.1. The van der Waals surface area contributed by atoms with Crippen LogP contribution in [-0.2, 0) is 0 Å². The summed E-state index contributed by atoms with van der Waals surface area (Å²) in [6.45, 7) is 3.53. The monoisotopic (exact) mass is 280 g/mol. The van der Waals surface area contributed by atoms with Gasteiger partial charge in [-0.3, -0.25) is 4.79 Å². The largest absolute Gasteiger partial charge is 0.444 e. The van der Waals surface area contributed by atoms with Gasteiger partial charge < -0.3 is 9.73 Å². The highest BCUT2D eigenvalue weighted by Crippen LogP contribution is 2.16. The van der Waals surface area contributed by atoms with E-state index in [1.807, 2.05) is 0 Å². The summed E-state index contributed by atoms with van der Waals surface area (Å²) in [6.07, 6.45) is 1.59. The maximum atomic E-state index is 13.1. The molecule has 2 rings (SSSR count). The number of oxazole rings is 1. The first-order chi connectivity index (χ1) is 8.97. The number of rotatable bonds is 3. The summed E-state index contributed by atoms with van der Waals surface area (Å²) in [5.74, 6) is 0.310. The van der Waals surface area contributed by atoms with Crippen LogP contribution in [0.2, 0.25) is 0 Å². The number of aryl methyl sites for hydroxylation is 1. The third kappa shape index (κ3) is 3.14. The van der Waals surface area contributed by atoms with Gasteiger partial charge in [-0.1, -0.05) is 0 Å². The predicted molar refractivity (Wildman–Crippen MR) is 70.8 cm³/mol. The number of hydrogen-bond donors (Lipinski definition) is 2. The van der Waals surface area contributed by atoms with Crippen molar-refractivity contribution in [2.75, 3.05) is 0 Å². The Morgan fingerprint density at radius 1 is 1.53 bits per heavy atom. The highest BCUT2D eigenvalue weighted by atomic mass is 32.1. The van der Waals surface area contributed by atoms with E-state index < -0.39 is 5.82 Å². The van der Waals surface area contributed by atoms with Crippen molar-refractivity contribution in [1.29, 1.82) is 0 Å². The highest BCUT2D eigenvalue weighted by molar-refractivity contribution is 7.80. The van der Waals surface area contributed by atoms with E-state index in [-0.39, 0.29) is 16.8 Å². The van der Waals surface area contributed by atoms with Crippen molar-refractivity contribution in [3.63, 3.8) is 0 Å². The van der Waals surface area contributed by atoms with Crippen molar-refractivity contribution in [2.24, 2.45) is 0 Å². The van der Waals surface area contributed by atoms with Crippen molar-refractivity contribution in [3.8, 4) is 0 Å². The van der Waals surface area contributed by atoms with Crippen LogP contribution >= 0.6 is 12.6 Å². The molecule has 1 aromatic heterocycles. The van der Waals surface area contributed by atoms with Gasteiger partial charge >= 0.3 is 0 Å². The van der Waals surface area contributed by atoms with Crippen LogP contribution in [0.4, 0.5) is 4.39 Å². The molecule has 19 heavy (non-hydrogen) atoms. The molecule has 1 heterocycles. The van der Waals surface area contributed by atoms with Gasteiger partial charge in [0.25, 0.3) is 5.91 Å². The Morgan fingerprint density at radius 2 is 2.26 bits per heavy atom. The normalized spacial score (nSPS) is 12.2. The van der Waals surface area contributed by atoms with Gasteiger partial charge in [-0.05, 0) is 32.0 Å². The first-order valence-electron chi connectivity index (χ1n) is 5.69. The van der Waals surface area contributed by atoms with E-state index in [2.05, 4.69) is 22.9 Å². The molecule has 0 spiro atoms. The lowest BCUT2D eigenvalue weighted by Gasteiger charge is -2.10. The van der Waals surface area contributed by atoms with Crippen LogP contribution in [0.15, 0.2) is 33.7 Å². The van der Waals surface area contributed by atoms with E-state index in [1.54, 1.807) is 20.0 Å². The van der Waals surface area contributed by atoms with Gasteiger partial charge in [-0.2, -0.15) is 0 Å². The topological polar surface area (TPSA) is 55.1 Å². The van der Waals surface area contributed by atoms with Gasteiger partial charge in [0.15, 0.2) is 0 Å². The summed E-state index contributed by atoms with van der Waals surface area (Å²) >= 11 is 3.94. The number of carbonyl (C=O) groups is 1. The van der Waals surface area contributed by atoms with Crippen LogP contribution in [-0.4, -0.2) is 10.9 Å². The van der Waals surface area contributed by atoms with Crippen LogP contribution in [0.25, 0.3) is 0 Å². The third-order valence-electron chi connectivity index (χ3n) is 2.57. The molecule has 1 amide bonds. The second-order valence-corrected chi connectivity index (χ2v) is 4.65. The minimum atomic E-state index is -0.462. The van der Waals surface area contributed by atoms with E-state index in [4.69, 9.17) is 4.42 Å². The van der Waals surface area contributed by atoms with Gasteiger partial charge in [-0.25, -0.2) is 9.37 Å². The van der Waals surface area contributed by atoms with Gasteiger partial charge in [0.05, 0.1) is 6.20 Å². The Bertz CT molecular complexity index is 612. The molecule has 0 aliphatic carbocycles. The lowest BCUT2D eigenvalue weighted by molar-refractivity contribution is 0.0933. The number of thiol groups is 1. The van der Waals surface area contributed by atoms with Crippen LogP contribution < -0.4 is 5.32 Å². The highest BCUT2D eigenvalue weighted by Gasteiger charge is 2.16. The zero-order valence-electron chi connectivity index (χ0n) is 10.5.